The summed E-state index contributed by atoms with van der Waals surface area (Å²) in [5.41, 5.74) is 2.67. The van der Waals surface area contributed by atoms with E-state index < -0.39 is 0 Å². The van der Waals surface area contributed by atoms with Gasteiger partial charge < -0.3 is 14.5 Å². The van der Waals surface area contributed by atoms with Crippen LogP contribution in [-0.4, -0.2) is 37.6 Å². The van der Waals surface area contributed by atoms with Crippen LogP contribution >= 0.6 is 11.8 Å². The zero-order chi connectivity index (χ0) is 12.4. The zero-order valence-corrected chi connectivity index (χ0v) is 10.1. The third kappa shape index (κ3) is 2.09. The summed E-state index contributed by atoms with van der Waals surface area (Å²) in [6.45, 7) is 0.0858. The SMILES string of the molecule is OCCSc1nnc(-c2ccc3nc[nH]c3c2)o1. The average molecular weight is 262 g/mol. The number of nitrogens with one attached hydrogen (secondary N) is 1. The van der Waals surface area contributed by atoms with Gasteiger partial charge in [-0.2, -0.15) is 0 Å². The molecule has 0 saturated heterocycles. The van der Waals surface area contributed by atoms with Gasteiger partial charge in [0.1, 0.15) is 0 Å². The molecule has 0 spiro atoms. The molecule has 0 aliphatic heterocycles. The number of aliphatic hydroxyl groups excluding tert-OH is 1. The molecule has 2 heterocycles. The molecule has 0 aliphatic carbocycles. The number of thioether (sulfide) groups is 1. The zero-order valence-electron chi connectivity index (χ0n) is 9.33. The van der Waals surface area contributed by atoms with E-state index in [2.05, 4.69) is 20.2 Å². The van der Waals surface area contributed by atoms with Gasteiger partial charge in [-0.3, -0.25) is 0 Å². The lowest BCUT2D eigenvalue weighted by Crippen LogP contribution is -1.84. The number of hydrogen-bond donors (Lipinski definition) is 2. The van der Waals surface area contributed by atoms with E-state index in [4.69, 9.17) is 9.52 Å². The largest absolute Gasteiger partial charge is 0.411 e. The van der Waals surface area contributed by atoms with Gasteiger partial charge in [0.15, 0.2) is 0 Å². The summed E-state index contributed by atoms with van der Waals surface area (Å²) in [4.78, 5) is 7.18. The van der Waals surface area contributed by atoms with Gasteiger partial charge in [0.2, 0.25) is 5.89 Å². The van der Waals surface area contributed by atoms with E-state index in [1.807, 2.05) is 18.2 Å². The molecule has 2 N–H and O–H groups in total. The highest BCUT2D eigenvalue weighted by Gasteiger charge is 2.09. The molecule has 0 atom stereocenters. The third-order valence-corrected chi connectivity index (χ3v) is 3.19. The van der Waals surface area contributed by atoms with Crippen LogP contribution in [0.2, 0.25) is 0 Å². The number of aromatic amines is 1. The molecule has 0 amide bonds. The minimum absolute atomic E-state index is 0.0858. The molecule has 0 radical (unpaired) electrons. The second-order valence-corrected chi connectivity index (χ2v) is 4.63. The summed E-state index contributed by atoms with van der Waals surface area (Å²) < 4.78 is 5.49. The van der Waals surface area contributed by atoms with Crippen molar-refractivity contribution in [3.8, 4) is 11.5 Å². The maximum absolute atomic E-state index is 8.72. The molecule has 3 rings (SSSR count). The van der Waals surface area contributed by atoms with Crippen molar-refractivity contribution < 1.29 is 9.52 Å². The summed E-state index contributed by atoms with van der Waals surface area (Å²) in [6, 6.07) is 5.69. The summed E-state index contributed by atoms with van der Waals surface area (Å²) >= 11 is 1.33. The lowest BCUT2D eigenvalue weighted by Gasteiger charge is -1.94. The molecule has 3 aromatic rings. The number of aromatic nitrogens is 4. The molecular formula is C11H10N4O2S. The van der Waals surface area contributed by atoms with Crippen LogP contribution in [0, 0.1) is 0 Å². The van der Waals surface area contributed by atoms with Gasteiger partial charge in [-0.1, -0.05) is 11.8 Å². The summed E-state index contributed by atoms with van der Waals surface area (Å²) in [5, 5.41) is 17.1. The number of nitrogens with zero attached hydrogens (tertiary/aromatic N) is 3. The number of imidazole rings is 1. The first-order chi connectivity index (χ1) is 8.86. The molecule has 0 bridgehead atoms. The number of H-pyrrole nitrogens is 1. The van der Waals surface area contributed by atoms with Crippen molar-refractivity contribution in [3.63, 3.8) is 0 Å². The smallest absolute Gasteiger partial charge is 0.276 e. The van der Waals surface area contributed by atoms with Crippen molar-refractivity contribution in [2.75, 3.05) is 12.4 Å². The minimum atomic E-state index is 0.0858. The Balaban J connectivity index is 1.90. The Labute approximate surface area is 106 Å². The van der Waals surface area contributed by atoms with Crippen molar-refractivity contribution in [2.24, 2.45) is 0 Å². The summed E-state index contributed by atoms with van der Waals surface area (Å²) in [5.74, 6) is 1.01. The van der Waals surface area contributed by atoms with Crippen molar-refractivity contribution in [2.45, 2.75) is 5.22 Å². The van der Waals surface area contributed by atoms with E-state index in [-0.39, 0.29) is 6.61 Å². The monoisotopic (exact) mass is 262 g/mol. The van der Waals surface area contributed by atoms with Crippen LogP contribution in [-0.2, 0) is 0 Å². The summed E-state index contributed by atoms with van der Waals surface area (Å²) in [7, 11) is 0. The van der Waals surface area contributed by atoms with Crippen LogP contribution in [0.5, 0.6) is 0 Å². The van der Waals surface area contributed by atoms with Gasteiger partial charge in [-0.25, -0.2) is 4.98 Å². The van der Waals surface area contributed by atoms with Crippen LogP contribution < -0.4 is 0 Å². The number of rotatable bonds is 4. The topological polar surface area (TPSA) is 87.8 Å². The molecule has 0 saturated carbocycles. The van der Waals surface area contributed by atoms with E-state index in [0.29, 0.717) is 16.9 Å². The molecule has 92 valence electrons. The number of fused-ring (bicyclic) bond motifs is 1. The lowest BCUT2D eigenvalue weighted by molar-refractivity contribution is 0.322. The molecule has 18 heavy (non-hydrogen) atoms. The highest BCUT2D eigenvalue weighted by atomic mass is 32.2. The van der Waals surface area contributed by atoms with Crippen LogP contribution in [0.4, 0.5) is 0 Å². The van der Waals surface area contributed by atoms with E-state index in [9.17, 15) is 0 Å². The maximum atomic E-state index is 8.72. The molecule has 6 nitrogen and oxygen atoms in total. The molecule has 1 aromatic carbocycles. The van der Waals surface area contributed by atoms with E-state index in [0.717, 1.165) is 16.6 Å². The Bertz CT molecular complexity index is 664. The first-order valence-corrected chi connectivity index (χ1v) is 6.36. The molecule has 2 aromatic heterocycles. The predicted octanol–water partition coefficient (Wildman–Crippen LogP) is 1.70. The number of hydrogen-bond acceptors (Lipinski definition) is 6. The average Bonchev–Trinajstić information content (AvgIpc) is 3.04. The Morgan fingerprint density at radius 3 is 3.17 bits per heavy atom. The predicted molar refractivity (Wildman–Crippen MR) is 67.2 cm³/mol. The van der Waals surface area contributed by atoms with Crippen molar-refractivity contribution >= 4 is 22.8 Å². The molecular weight excluding hydrogens is 252 g/mol. The number of benzene rings is 1. The molecule has 0 aliphatic rings. The fourth-order valence-corrected chi connectivity index (χ4v) is 2.09. The Hall–Kier alpha value is -1.86. The standard InChI is InChI=1S/C11H10N4O2S/c16-3-4-18-11-15-14-10(17-11)7-1-2-8-9(5-7)13-6-12-8/h1-2,5-6,16H,3-4H2,(H,12,13). The normalized spacial score (nSPS) is 11.2. The second-order valence-electron chi connectivity index (χ2n) is 3.58. The highest BCUT2D eigenvalue weighted by molar-refractivity contribution is 7.99. The van der Waals surface area contributed by atoms with Crippen LogP contribution in [0.25, 0.3) is 22.5 Å². The first kappa shape index (κ1) is 11.2. The fourth-order valence-electron chi connectivity index (χ4n) is 1.59. The van der Waals surface area contributed by atoms with Gasteiger partial charge in [-0.15, -0.1) is 10.2 Å². The Kier molecular flexibility index (Phi) is 2.99. The van der Waals surface area contributed by atoms with Gasteiger partial charge in [0.05, 0.1) is 24.0 Å². The van der Waals surface area contributed by atoms with E-state index >= 15 is 0 Å². The second kappa shape index (κ2) is 4.79. The first-order valence-electron chi connectivity index (χ1n) is 5.37. The van der Waals surface area contributed by atoms with Crippen LogP contribution in [0.15, 0.2) is 34.2 Å². The van der Waals surface area contributed by atoms with Crippen LogP contribution in [0.3, 0.4) is 0 Å². The molecule has 0 unspecified atom stereocenters. The lowest BCUT2D eigenvalue weighted by atomic mass is 10.2. The van der Waals surface area contributed by atoms with E-state index in [1.165, 1.54) is 11.8 Å². The van der Waals surface area contributed by atoms with E-state index in [1.54, 1.807) is 6.33 Å². The number of aliphatic hydroxyl groups is 1. The van der Waals surface area contributed by atoms with Crippen LogP contribution in [0.1, 0.15) is 0 Å². The summed E-state index contributed by atoms with van der Waals surface area (Å²) in [6.07, 6.45) is 1.64. The Morgan fingerprint density at radius 2 is 2.28 bits per heavy atom. The third-order valence-electron chi connectivity index (χ3n) is 2.39. The van der Waals surface area contributed by atoms with Gasteiger partial charge in [0.25, 0.3) is 5.22 Å². The van der Waals surface area contributed by atoms with Crippen molar-refractivity contribution in [3.05, 3.63) is 24.5 Å². The fraction of sp³-hybridized carbons (Fsp3) is 0.182. The van der Waals surface area contributed by atoms with Crippen molar-refractivity contribution in [1.29, 1.82) is 0 Å². The maximum Gasteiger partial charge on any atom is 0.276 e. The van der Waals surface area contributed by atoms with Gasteiger partial charge in [0, 0.05) is 11.3 Å². The Morgan fingerprint density at radius 1 is 1.33 bits per heavy atom. The quantitative estimate of drug-likeness (QED) is 0.696. The molecule has 7 heteroatoms. The van der Waals surface area contributed by atoms with Crippen molar-refractivity contribution in [1.82, 2.24) is 20.2 Å². The van der Waals surface area contributed by atoms with Gasteiger partial charge >= 0.3 is 0 Å². The van der Waals surface area contributed by atoms with Gasteiger partial charge in [-0.05, 0) is 18.2 Å². The minimum Gasteiger partial charge on any atom is -0.411 e. The molecule has 0 fully saturated rings. The highest BCUT2D eigenvalue weighted by Crippen LogP contribution is 2.24.